The molecule has 0 saturated carbocycles. The normalized spacial score (nSPS) is 10.8. The Morgan fingerprint density at radius 3 is 2.11 bits per heavy atom. The van der Waals surface area contributed by atoms with Gasteiger partial charge < -0.3 is 0 Å². The van der Waals surface area contributed by atoms with E-state index in [9.17, 15) is 0 Å². The monoisotopic (exact) mass is 137 g/mol. The first kappa shape index (κ1) is 9.96. The zero-order valence-corrected chi connectivity index (χ0v) is 8.98. The topological polar surface area (TPSA) is 3.24 Å². The Morgan fingerprint density at radius 2 is 1.78 bits per heavy atom. The van der Waals surface area contributed by atoms with Crippen LogP contribution in [0.2, 0.25) is 3.67 Å². The van der Waals surface area contributed by atoms with E-state index in [-0.39, 0.29) is 0 Å². The zero-order valence-electron chi connectivity index (χ0n) is 6.98. The van der Waals surface area contributed by atoms with Crippen molar-refractivity contribution >= 4 is 27.9 Å². The molecule has 0 amide bonds. The van der Waals surface area contributed by atoms with Crippen molar-refractivity contribution in [2.75, 3.05) is 19.6 Å². The first-order valence-electron chi connectivity index (χ1n) is 4.07. The number of hydrogen-bond acceptors (Lipinski definition) is 1. The Balaban J connectivity index is 3.09. The Hall–Kier alpha value is 0.960. The number of hydrogen-bond donors (Lipinski definition) is 0. The van der Waals surface area contributed by atoms with Crippen LogP contribution < -0.4 is 0 Å². The van der Waals surface area contributed by atoms with Crippen molar-refractivity contribution in [3.05, 3.63) is 0 Å². The molecule has 50 valence electrons. The molecule has 0 unspecified atom stereocenters. The summed E-state index contributed by atoms with van der Waals surface area (Å²) in [5.41, 5.74) is 0. The molecule has 0 bridgehead atoms. The van der Waals surface area contributed by atoms with E-state index >= 15 is 0 Å². The first-order valence-corrected chi connectivity index (χ1v) is 5.48. The van der Waals surface area contributed by atoms with Crippen LogP contribution in [0.1, 0.15) is 20.3 Å². The predicted molar refractivity (Wildman–Crippen MR) is 43.0 cm³/mol. The molecule has 0 spiro atoms. The predicted octanol–water partition coefficient (Wildman–Crippen LogP) is 1.31. The van der Waals surface area contributed by atoms with Gasteiger partial charge in [0.2, 0.25) is 0 Å². The van der Waals surface area contributed by atoms with Gasteiger partial charge in [0.15, 0.2) is 0 Å². The SMILES string of the molecule is CCN(CC)CC[CH2][Na]. The van der Waals surface area contributed by atoms with Crippen molar-refractivity contribution < 1.29 is 0 Å². The molecule has 2 heteroatoms. The summed E-state index contributed by atoms with van der Waals surface area (Å²) in [7, 11) is 0. The van der Waals surface area contributed by atoms with E-state index in [1.54, 1.807) is 0 Å². The first-order chi connectivity index (χ1) is 4.35. The van der Waals surface area contributed by atoms with Crippen LogP contribution in [-0.4, -0.2) is 52.5 Å². The van der Waals surface area contributed by atoms with E-state index in [1.807, 2.05) is 0 Å². The van der Waals surface area contributed by atoms with Gasteiger partial charge >= 0.3 is 76.4 Å². The fourth-order valence-corrected chi connectivity index (χ4v) is 1.24. The summed E-state index contributed by atoms with van der Waals surface area (Å²) in [6.07, 6.45) is 1.41. The van der Waals surface area contributed by atoms with Gasteiger partial charge in [0.05, 0.1) is 0 Å². The van der Waals surface area contributed by atoms with Crippen LogP contribution in [0.25, 0.3) is 0 Å². The fourth-order valence-electron chi connectivity index (χ4n) is 0.922. The van der Waals surface area contributed by atoms with Crippen molar-refractivity contribution in [3.63, 3.8) is 0 Å². The molecule has 0 aliphatic heterocycles. The van der Waals surface area contributed by atoms with Crippen LogP contribution in [-0.2, 0) is 0 Å². The third kappa shape index (κ3) is 5.41. The van der Waals surface area contributed by atoms with Crippen molar-refractivity contribution in [3.8, 4) is 0 Å². The third-order valence-corrected chi connectivity index (χ3v) is 2.43. The average molecular weight is 137 g/mol. The van der Waals surface area contributed by atoms with Gasteiger partial charge in [0, 0.05) is 0 Å². The van der Waals surface area contributed by atoms with Gasteiger partial charge in [-0.1, -0.05) is 0 Å². The van der Waals surface area contributed by atoms with Crippen LogP contribution in [0.4, 0.5) is 0 Å². The zero-order chi connectivity index (χ0) is 7.11. The summed E-state index contributed by atoms with van der Waals surface area (Å²) >= 11 is 1.37. The molecule has 0 aliphatic rings. The molecular formula is C7H16NNa. The van der Waals surface area contributed by atoms with Crippen LogP contribution in [0.15, 0.2) is 0 Å². The van der Waals surface area contributed by atoms with Crippen molar-refractivity contribution in [1.29, 1.82) is 0 Å². The molecule has 0 aromatic carbocycles. The molecule has 0 fully saturated rings. The number of rotatable bonds is 5. The minimum atomic E-state index is 1.22. The third-order valence-electron chi connectivity index (χ3n) is 1.72. The second-order valence-electron chi connectivity index (χ2n) is 2.38. The summed E-state index contributed by atoms with van der Waals surface area (Å²) < 4.78 is 1.45. The van der Waals surface area contributed by atoms with Gasteiger partial charge in [-0.15, -0.1) is 0 Å². The molecule has 0 rings (SSSR count). The standard InChI is InChI=1S/C7H16N.Na/c1-4-7-8(5-2)6-3;/h1,4-7H2,2-3H3;. The molecule has 1 nitrogen and oxygen atoms in total. The van der Waals surface area contributed by atoms with E-state index in [2.05, 4.69) is 18.7 Å². The second kappa shape index (κ2) is 7.07. The Bertz CT molecular complexity index is 52.9. The molecular weight excluding hydrogens is 121 g/mol. The van der Waals surface area contributed by atoms with Crippen LogP contribution >= 0.6 is 0 Å². The second-order valence-corrected chi connectivity index (χ2v) is 3.38. The van der Waals surface area contributed by atoms with E-state index in [0.29, 0.717) is 0 Å². The summed E-state index contributed by atoms with van der Waals surface area (Å²) in [6.45, 7) is 8.22. The molecule has 9 heavy (non-hydrogen) atoms. The van der Waals surface area contributed by atoms with Crippen molar-refractivity contribution in [2.45, 2.75) is 23.9 Å². The van der Waals surface area contributed by atoms with Crippen molar-refractivity contribution in [1.82, 2.24) is 4.90 Å². The van der Waals surface area contributed by atoms with E-state index in [1.165, 1.54) is 57.7 Å². The van der Waals surface area contributed by atoms with Gasteiger partial charge in [0.1, 0.15) is 0 Å². The quantitative estimate of drug-likeness (QED) is 0.516. The number of nitrogens with zero attached hydrogens (tertiary/aromatic N) is 1. The maximum atomic E-state index is 2.48. The molecule has 0 aliphatic carbocycles. The van der Waals surface area contributed by atoms with Crippen LogP contribution in [0.3, 0.4) is 0 Å². The van der Waals surface area contributed by atoms with Gasteiger partial charge in [0.25, 0.3) is 0 Å². The Morgan fingerprint density at radius 1 is 1.22 bits per heavy atom. The molecule has 0 N–H and O–H groups in total. The van der Waals surface area contributed by atoms with Gasteiger partial charge in [-0.3, -0.25) is 0 Å². The average Bonchev–Trinajstić information content (AvgIpc) is 1.91. The Kier molecular flexibility index (Phi) is 7.83. The molecule has 0 radical (unpaired) electrons. The summed E-state index contributed by atoms with van der Waals surface area (Å²) in [6, 6.07) is 0. The van der Waals surface area contributed by atoms with E-state index < -0.39 is 0 Å². The van der Waals surface area contributed by atoms with E-state index in [0.717, 1.165) is 0 Å². The summed E-state index contributed by atoms with van der Waals surface area (Å²) in [5.74, 6) is 0. The summed E-state index contributed by atoms with van der Waals surface area (Å²) in [5, 5.41) is 0. The maximum absolute atomic E-state index is 2.48. The minimum absolute atomic E-state index is 1.22. The van der Waals surface area contributed by atoms with Crippen LogP contribution in [0, 0.1) is 0 Å². The fraction of sp³-hybridized carbons (Fsp3) is 1.00. The molecule has 0 saturated heterocycles. The molecule has 0 heterocycles. The van der Waals surface area contributed by atoms with E-state index in [4.69, 9.17) is 0 Å². The molecule has 0 atom stereocenters. The van der Waals surface area contributed by atoms with Gasteiger partial charge in [-0.05, 0) is 0 Å². The van der Waals surface area contributed by atoms with Gasteiger partial charge in [-0.2, -0.15) is 0 Å². The van der Waals surface area contributed by atoms with Crippen molar-refractivity contribution in [2.24, 2.45) is 0 Å². The Labute approximate surface area is 76.2 Å². The molecule has 0 aromatic rings. The van der Waals surface area contributed by atoms with Gasteiger partial charge in [-0.25, -0.2) is 0 Å². The summed E-state index contributed by atoms with van der Waals surface area (Å²) in [4.78, 5) is 2.48. The molecule has 0 aromatic heterocycles. The van der Waals surface area contributed by atoms with Crippen LogP contribution in [0.5, 0.6) is 0 Å².